The average molecular weight is 264 g/mol. The van der Waals surface area contributed by atoms with Gasteiger partial charge in [-0.3, -0.25) is 4.98 Å². The molecule has 20 heavy (non-hydrogen) atoms. The third kappa shape index (κ3) is 2.85. The second-order valence-corrected chi connectivity index (χ2v) is 4.68. The molecule has 0 saturated heterocycles. The molecule has 0 bridgehead atoms. The quantitative estimate of drug-likeness (QED) is 0.787. The van der Waals surface area contributed by atoms with Crippen LogP contribution in [0.2, 0.25) is 0 Å². The van der Waals surface area contributed by atoms with Crippen molar-refractivity contribution in [1.82, 2.24) is 14.5 Å². The molecule has 100 valence electrons. The van der Waals surface area contributed by atoms with Crippen molar-refractivity contribution in [3.8, 4) is 5.69 Å². The Morgan fingerprint density at radius 1 is 1.20 bits per heavy atom. The minimum atomic E-state index is 0.765. The molecule has 0 atom stereocenters. The number of imidazole rings is 1. The number of pyridine rings is 1. The van der Waals surface area contributed by atoms with Gasteiger partial charge in [-0.05, 0) is 36.8 Å². The van der Waals surface area contributed by atoms with Crippen molar-refractivity contribution in [2.45, 2.75) is 13.5 Å². The first-order chi connectivity index (χ1) is 9.81. The lowest BCUT2D eigenvalue weighted by Gasteiger charge is -2.09. The molecular formula is C16H16N4. The van der Waals surface area contributed by atoms with Gasteiger partial charge in [0.2, 0.25) is 0 Å². The number of hydrogen-bond donors (Lipinski definition) is 1. The van der Waals surface area contributed by atoms with Crippen molar-refractivity contribution in [1.29, 1.82) is 0 Å². The molecule has 0 amide bonds. The van der Waals surface area contributed by atoms with E-state index in [0.29, 0.717) is 0 Å². The highest BCUT2D eigenvalue weighted by molar-refractivity contribution is 5.51. The maximum atomic E-state index is 4.30. The van der Waals surface area contributed by atoms with Crippen molar-refractivity contribution in [2.24, 2.45) is 0 Å². The molecule has 0 saturated carbocycles. The van der Waals surface area contributed by atoms with E-state index in [2.05, 4.69) is 39.6 Å². The zero-order chi connectivity index (χ0) is 13.8. The van der Waals surface area contributed by atoms with Crippen LogP contribution in [0, 0.1) is 6.92 Å². The van der Waals surface area contributed by atoms with Gasteiger partial charge < -0.3 is 9.88 Å². The Morgan fingerprint density at radius 3 is 2.90 bits per heavy atom. The Kier molecular flexibility index (Phi) is 3.46. The van der Waals surface area contributed by atoms with E-state index in [1.54, 1.807) is 12.5 Å². The van der Waals surface area contributed by atoms with E-state index in [0.717, 1.165) is 23.6 Å². The SMILES string of the molecule is Cc1ccc(CNc2cccc(-n3ccnc3)c2)cn1. The molecule has 0 spiro atoms. The number of aryl methyl sites for hydroxylation is 1. The predicted molar refractivity (Wildman–Crippen MR) is 79.9 cm³/mol. The Bertz CT molecular complexity index is 672. The van der Waals surface area contributed by atoms with Crippen molar-refractivity contribution in [3.63, 3.8) is 0 Å². The van der Waals surface area contributed by atoms with Crippen molar-refractivity contribution in [2.75, 3.05) is 5.32 Å². The number of hydrogen-bond acceptors (Lipinski definition) is 3. The highest BCUT2D eigenvalue weighted by Gasteiger charge is 1.98. The van der Waals surface area contributed by atoms with Gasteiger partial charge in [0.1, 0.15) is 0 Å². The molecule has 3 aromatic rings. The maximum absolute atomic E-state index is 4.30. The molecule has 0 fully saturated rings. The molecule has 1 N–H and O–H groups in total. The molecule has 0 unspecified atom stereocenters. The topological polar surface area (TPSA) is 42.7 Å². The van der Waals surface area contributed by atoms with Crippen LogP contribution in [0.15, 0.2) is 61.3 Å². The van der Waals surface area contributed by atoms with Crippen LogP contribution in [0.3, 0.4) is 0 Å². The monoisotopic (exact) mass is 264 g/mol. The number of anilines is 1. The molecule has 0 aliphatic carbocycles. The minimum Gasteiger partial charge on any atom is -0.381 e. The number of aromatic nitrogens is 3. The maximum Gasteiger partial charge on any atom is 0.0991 e. The summed E-state index contributed by atoms with van der Waals surface area (Å²) >= 11 is 0. The van der Waals surface area contributed by atoms with Crippen molar-refractivity contribution < 1.29 is 0 Å². The zero-order valence-electron chi connectivity index (χ0n) is 11.3. The summed E-state index contributed by atoms with van der Waals surface area (Å²) in [6.45, 7) is 2.76. The number of benzene rings is 1. The molecule has 2 heterocycles. The Morgan fingerprint density at radius 2 is 2.15 bits per heavy atom. The molecule has 0 aliphatic heterocycles. The summed E-state index contributed by atoms with van der Waals surface area (Å²) in [5, 5.41) is 3.41. The lowest BCUT2D eigenvalue weighted by molar-refractivity contribution is 1.05. The van der Waals surface area contributed by atoms with Gasteiger partial charge in [0, 0.05) is 42.2 Å². The number of rotatable bonds is 4. The van der Waals surface area contributed by atoms with Crippen LogP contribution in [0.4, 0.5) is 5.69 Å². The molecule has 3 rings (SSSR count). The van der Waals surface area contributed by atoms with Gasteiger partial charge in [0.25, 0.3) is 0 Å². The lowest BCUT2D eigenvalue weighted by atomic mass is 10.2. The summed E-state index contributed by atoms with van der Waals surface area (Å²) in [6, 6.07) is 12.4. The van der Waals surface area contributed by atoms with E-state index >= 15 is 0 Å². The largest absolute Gasteiger partial charge is 0.381 e. The van der Waals surface area contributed by atoms with Crippen molar-refractivity contribution in [3.05, 3.63) is 72.6 Å². The third-order valence-electron chi connectivity index (χ3n) is 3.12. The van der Waals surface area contributed by atoms with Gasteiger partial charge in [-0.25, -0.2) is 4.98 Å². The number of nitrogens with zero attached hydrogens (tertiary/aromatic N) is 3. The van der Waals surface area contributed by atoms with Gasteiger partial charge in [0.15, 0.2) is 0 Å². The standard InChI is InChI=1S/C16H16N4/c1-13-5-6-14(10-18-13)11-19-15-3-2-4-16(9-15)20-8-7-17-12-20/h2-10,12,19H,11H2,1H3. The van der Waals surface area contributed by atoms with Crippen LogP contribution >= 0.6 is 0 Å². The lowest BCUT2D eigenvalue weighted by Crippen LogP contribution is -2.01. The summed E-state index contributed by atoms with van der Waals surface area (Å²) < 4.78 is 1.98. The van der Waals surface area contributed by atoms with E-state index in [4.69, 9.17) is 0 Å². The molecule has 0 aliphatic rings. The average Bonchev–Trinajstić information content (AvgIpc) is 3.01. The normalized spacial score (nSPS) is 10.4. The molecule has 4 heteroatoms. The smallest absolute Gasteiger partial charge is 0.0991 e. The first-order valence-electron chi connectivity index (χ1n) is 6.55. The van der Waals surface area contributed by atoms with Crippen molar-refractivity contribution >= 4 is 5.69 Å². The Hall–Kier alpha value is -2.62. The van der Waals surface area contributed by atoms with Crippen LogP contribution in [0.25, 0.3) is 5.69 Å². The summed E-state index contributed by atoms with van der Waals surface area (Å²) in [7, 11) is 0. The summed E-state index contributed by atoms with van der Waals surface area (Å²) in [6.07, 6.45) is 7.41. The predicted octanol–water partition coefficient (Wildman–Crippen LogP) is 3.19. The fourth-order valence-corrected chi connectivity index (χ4v) is 2.00. The van der Waals surface area contributed by atoms with Crippen LogP contribution in [0.5, 0.6) is 0 Å². The first-order valence-corrected chi connectivity index (χ1v) is 6.55. The van der Waals surface area contributed by atoms with Gasteiger partial charge in [-0.2, -0.15) is 0 Å². The van der Waals surface area contributed by atoms with E-state index in [1.807, 2.05) is 36.0 Å². The van der Waals surface area contributed by atoms with Gasteiger partial charge in [0.05, 0.1) is 6.33 Å². The first kappa shape index (κ1) is 12.4. The van der Waals surface area contributed by atoms with E-state index < -0.39 is 0 Å². The van der Waals surface area contributed by atoms with Crippen LogP contribution in [-0.4, -0.2) is 14.5 Å². The fourth-order valence-electron chi connectivity index (χ4n) is 2.00. The van der Waals surface area contributed by atoms with Gasteiger partial charge >= 0.3 is 0 Å². The van der Waals surface area contributed by atoms with E-state index in [1.165, 1.54) is 5.56 Å². The molecular weight excluding hydrogens is 248 g/mol. The Balaban J connectivity index is 1.72. The van der Waals surface area contributed by atoms with Crippen LogP contribution in [0.1, 0.15) is 11.3 Å². The summed E-state index contributed by atoms with van der Waals surface area (Å²) in [5.74, 6) is 0. The Labute approximate surface area is 118 Å². The van der Waals surface area contributed by atoms with Gasteiger partial charge in [-0.1, -0.05) is 12.1 Å². The highest BCUT2D eigenvalue weighted by atomic mass is 15.0. The second-order valence-electron chi connectivity index (χ2n) is 4.68. The summed E-state index contributed by atoms with van der Waals surface area (Å²) in [4.78, 5) is 8.36. The second kappa shape index (κ2) is 5.57. The van der Waals surface area contributed by atoms with E-state index in [-0.39, 0.29) is 0 Å². The van der Waals surface area contributed by atoms with Gasteiger partial charge in [-0.15, -0.1) is 0 Å². The number of nitrogens with one attached hydrogen (secondary N) is 1. The molecule has 0 radical (unpaired) electrons. The molecule has 4 nitrogen and oxygen atoms in total. The van der Waals surface area contributed by atoms with Crippen LogP contribution in [-0.2, 0) is 6.54 Å². The third-order valence-corrected chi connectivity index (χ3v) is 3.12. The highest BCUT2D eigenvalue weighted by Crippen LogP contribution is 2.15. The zero-order valence-corrected chi connectivity index (χ0v) is 11.3. The summed E-state index contributed by atoms with van der Waals surface area (Å²) in [5.41, 5.74) is 4.38. The molecule has 2 aromatic heterocycles. The fraction of sp³-hybridized carbons (Fsp3) is 0.125. The van der Waals surface area contributed by atoms with Crippen LogP contribution < -0.4 is 5.32 Å². The van der Waals surface area contributed by atoms with E-state index in [9.17, 15) is 0 Å². The minimum absolute atomic E-state index is 0.765. The molecule has 1 aromatic carbocycles.